The number of imide groups is 1. The van der Waals surface area contributed by atoms with E-state index in [0.717, 1.165) is 58.4 Å². The molecule has 0 radical (unpaired) electrons. The topological polar surface area (TPSA) is 73.9 Å². The molecule has 2 amide bonds. The van der Waals surface area contributed by atoms with Gasteiger partial charge < -0.3 is 14.2 Å². The number of fused-ring (bicyclic) bond motifs is 1. The minimum atomic E-state index is -0.528. The molecule has 1 aliphatic rings. The Morgan fingerprint density at radius 2 is 1.58 bits per heavy atom. The highest BCUT2D eigenvalue weighted by molar-refractivity contribution is 8.15. The van der Waals surface area contributed by atoms with Crippen molar-refractivity contribution in [3.05, 3.63) is 96.1 Å². The summed E-state index contributed by atoms with van der Waals surface area (Å²) in [5.41, 5.74) is 1.86. The van der Waals surface area contributed by atoms with E-state index in [1.807, 2.05) is 54.6 Å². The van der Waals surface area contributed by atoms with Gasteiger partial charge in [-0.25, -0.2) is 0 Å². The number of benzene rings is 4. The van der Waals surface area contributed by atoms with Crippen LogP contribution in [0.2, 0.25) is 0 Å². The van der Waals surface area contributed by atoms with Crippen molar-refractivity contribution in [2.75, 3.05) is 13.2 Å². The van der Waals surface area contributed by atoms with E-state index in [2.05, 4.69) is 42.6 Å². The maximum atomic E-state index is 11.9. The van der Waals surface area contributed by atoms with Gasteiger partial charge in [0.15, 0.2) is 0 Å². The number of rotatable bonds is 11. The lowest BCUT2D eigenvalue weighted by Crippen LogP contribution is -2.20. The first-order chi connectivity index (χ1) is 18.6. The van der Waals surface area contributed by atoms with Gasteiger partial charge in [0.25, 0.3) is 5.24 Å². The highest BCUT2D eigenvalue weighted by atomic mass is 32.2. The van der Waals surface area contributed by atoms with E-state index in [9.17, 15) is 9.59 Å². The summed E-state index contributed by atoms with van der Waals surface area (Å²) in [5.74, 6) is 2.82. The Balaban J connectivity index is 1.14. The van der Waals surface area contributed by atoms with Crippen molar-refractivity contribution >= 4 is 33.7 Å². The van der Waals surface area contributed by atoms with Gasteiger partial charge in [0, 0.05) is 6.42 Å². The number of aryl methyl sites for hydroxylation is 1. The van der Waals surface area contributed by atoms with Crippen molar-refractivity contribution in [2.24, 2.45) is 0 Å². The van der Waals surface area contributed by atoms with Crippen molar-refractivity contribution in [3.8, 4) is 23.0 Å². The molecule has 1 unspecified atom stereocenters. The Hall–Kier alpha value is -3.97. The summed E-state index contributed by atoms with van der Waals surface area (Å²) >= 11 is 0.988. The zero-order valence-corrected chi connectivity index (χ0v) is 22.0. The average Bonchev–Trinajstić information content (AvgIpc) is 3.27. The molecule has 0 spiro atoms. The van der Waals surface area contributed by atoms with Gasteiger partial charge in [-0.2, -0.15) is 0 Å². The van der Waals surface area contributed by atoms with Gasteiger partial charge >= 0.3 is 0 Å². The van der Waals surface area contributed by atoms with Crippen LogP contribution in [0.1, 0.15) is 36.1 Å². The number of carbonyl (C=O) groups is 2. The van der Waals surface area contributed by atoms with Gasteiger partial charge in [-0.3, -0.25) is 14.9 Å². The second-order valence-corrected chi connectivity index (χ2v) is 10.1. The van der Waals surface area contributed by atoms with Crippen molar-refractivity contribution in [1.29, 1.82) is 0 Å². The highest BCUT2D eigenvalue weighted by Gasteiger charge is 2.33. The number of carbonyl (C=O) groups excluding carboxylic acids is 2. The third kappa shape index (κ3) is 6.29. The van der Waals surface area contributed by atoms with E-state index in [-0.39, 0.29) is 11.1 Å². The van der Waals surface area contributed by atoms with E-state index in [4.69, 9.17) is 14.2 Å². The zero-order chi connectivity index (χ0) is 26.3. The lowest BCUT2D eigenvalue weighted by Gasteiger charge is -2.14. The summed E-state index contributed by atoms with van der Waals surface area (Å²) in [6, 6.07) is 27.6. The summed E-state index contributed by atoms with van der Waals surface area (Å²) < 4.78 is 18.1. The molecule has 1 heterocycles. The fourth-order valence-electron chi connectivity index (χ4n) is 4.37. The van der Waals surface area contributed by atoms with Crippen LogP contribution in [0, 0.1) is 0 Å². The molecule has 1 atom stereocenters. The first-order valence-electron chi connectivity index (χ1n) is 12.8. The Kier molecular flexibility index (Phi) is 8.14. The van der Waals surface area contributed by atoms with Gasteiger partial charge in [-0.05, 0) is 82.5 Å². The molecule has 1 aliphatic heterocycles. The lowest BCUT2D eigenvalue weighted by molar-refractivity contribution is -0.119. The quantitative estimate of drug-likeness (QED) is 0.204. The van der Waals surface area contributed by atoms with Crippen LogP contribution in [-0.4, -0.2) is 24.4 Å². The van der Waals surface area contributed by atoms with Crippen LogP contribution in [0.5, 0.6) is 23.0 Å². The molecular weight excluding hydrogens is 498 g/mol. The number of ether oxygens (including phenoxy) is 3. The second kappa shape index (κ2) is 12.0. The fraction of sp³-hybridized carbons (Fsp3) is 0.226. The van der Waals surface area contributed by atoms with Crippen LogP contribution in [0.3, 0.4) is 0 Å². The predicted octanol–water partition coefficient (Wildman–Crippen LogP) is 7.46. The second-order valence-electron chi connectivity index (χ2n) is 9.03. The molecule has 38 heavy (non-hydrogen) atoms. The average molecular weight is 528 g/mol. The lowest BCUT2D eigenvalue weighted by atomic mass is 10.1. The first kappa shape index (κ1) is 25.7. The third-order valence-electron chi connectivity index (χ3n) is 6.17. The van der Waals surface area contributed by atoms with Gasteiger partial charge in [0.05, 0.1) is 13.2 Å². The molecule has 4 aromatic carbocycles. The SMILES string of the molecule is CCCc1cc(Oc2ccc3ccccc3c2)ccc1OCCCOc1cccc(C2SC(=O)NC2=O)c1. The Bertz CT molecular complexity index is 1450. The molecular formula is C31H29NO5S. The predicted molar refractivity (Wildman–Crippen MR) is 150 cm³/mol. The maximum Gasteiger partial charge on any atom is 0.286 e. The molecule has 0 aromatic heterocycles. The molecule has 5 rings (SSSR count). The van der Waals surface area contributed by atoms with Crippen molar-refractivity contribution < 1.29 is 23.8 Å². The van der Waals surface area contributed by atoms with Crippen LogP contribution >= 0.6 is 11.8 Å². The van der Waals surface area contributed by atoms with E-state index >= 15 is 0 Å². The van der Waals surface area contributed by atoms with Gasteiger partial charge in [0.1, 0.15) is 28.2 Å². The molecule has 6 nitrogen and oxygen atoms in total. The highest BCUT2D eigenvalue weighted by Crippen LogP contribution is 2.35. The van der Waals surface area contributed by atoms with E-state index in [0.29, 0.717) is 25.4 Å². The van der Waals surface area contributed by atoms with Crippen LogP contribution in [-0.2, 0) is 11.2 Å². The van der Waals surface area contributed by atoms with Gasteiger partial charge in [-0.1, -0.05) is 55.8 Å². The maximum absolute atomic E-state index is 11.9. The van der Waals surface area contributed by atoms with Crippen LogP contribution in [0.15, 0.2) is 84.9 Å². The molecule has 0 saturated carbocycles. The molecule has 0 aliphatic carbocycles. The van der Waals surface area contributed by atoms with Crippen LogP contribution < -0.4 is 19.5 Å². The van der Waals surface area contributed by atoms with Crippen LogP contribution in [0.4, 0.5) is 4.79 Å². The Labute approximate surface area is 226 Å². The number of hydrogen-bond acceptors (Lipinski definition) is 6. The van der Waals surface area contributed by atoms with E-state index in [1.165, 1.54) is 5.39 Å². The molecule has 1 N–H and O–H groups in total. The van der Waals surface area contributed by atoms with Gasteiger partial charge in [-0.15, -0.1) is 0 Å². The smallest absolute Gasteiger partial charge is 0.286 e. The summed E-state index contributed by atoms with van der Waals surface area (Å²) in [4.78, 5) is 23.4. The first-order valence-corrected chi connectivity index (χ1v) is 13.6. The Morgan fingerprint density at radius 1 is 0.789 bits per heavy atom. The number of thioether (sulfide) groups is 1. The molecule has 1 saturated heterocycles. The minimum Gasteiger partial charge on any atom is -0.493 e. The third-order valence-corrected chi connectivity index (χ3v) is 7.21. The number of nitrogens with one attached hydrogen (secondary N) is 1. The summed E-state index contributed by atoms with van der Waals surface area (Å²) in [7, 11) is 0. The summed E-state index contributed by atoms with van der Waals surface area (Å²) in [5, 5.41) is 3.80. The van der Waals surface area contributed by atoms with Gasteiger partial charge in [0.2, 0.25) is 5.91 Å². The van der Waals surface area contributed by atoms with Crippen LogP contribution in [0.25, 0.3) is 10.8 Å². The van der Waals surface area contributed by atoms with Crippen molar-refractivity contribution in [1.82, 2.24) is 5.32 Å². The van der Waals surface area contributed by atoms with Crippen molar-refractivity contribution in [2.45, 2.75) is 31.4 Å². The van der Waals surface area contributed by atoms with Crippen molar-refractivity contribution in [3.63, 3.8) is 0 Å². The molecule has 4 aromatic rings. The molecule has 1 fully saturated rings. The summed E-state index contributed by atoms with van der Waals surface area (Å²) in [6.45, 7) is 3.13. The molecule has 194 valence electrons. The molecule has 0 bridgehead atoms. The summed E-state index contributed by atoms with van der Waals surface area (Å²) in [6.07, 6.45) is 2.59. The monoisotopic (exact) mass is 527 g/mol. The standard InChI is InChI=1S/C31H29NO5S/c1-2-7-23-19-27(37-26-13-12-21-8-3-4-9-22(21)18-26)14-15-28(23)36-17-6-16-35-25-11-5-10-24(20-25)29-30(33)32-31(34)38-29/h3-5,8-15,18-20,29H,2,6-7,16-17H2,1H3,(H,32,33,34). The van der Waals surface area contributed by atoms with E-state index in [1.54, 1.807) is 0 Å². The fourth-order valence-corrected chi connectivity index (χ4v) is 5.19. The molecule has 7 heteroatoms. The number of hydrogen-bond donors (Lipinski definition) is 1. The zero-order valence-electron chi connectivity index (χ0n) is 21.1. The minimum absolute atomic E-state index is 0.290. The number of amides is 2. The Morgan fingerprint density at radius 3 is 2.39 bits per heavy atom. The normalized spacial score (nSPS) is 14.9. The largest absolute Gasteiger partial charge is 0.493 e. The van der Waals surface area contributed by atoms with E-state index < -0.39 is 5.25 Å².